The van der Waals surface area contributed by atoms with E-state index in [1.54, 1.807) is 0 Å². The third-order valence-corrected chi connectivity index (χ3v) is 16.2. The molecule has 0 aliphatic rings. The molecule has 1 atom stereocenters. The normalized spacial score (nSPS) is 12.1. The molecule has 78 heavy (non-hydrogen) atoms. The van der Waals surface area contributed by atoms with Crippen molar-refractivity contribution < 1.29 is 28.6 Å². The standard InChI is InChI=1S/C72H136O6/c1-4-7-10-13-16-19-22-24-26-28-30-32-34-36-38-39-41-43-45-47-50-53-56-59-62-65-71(74)77-68-69(67-76-70(73)64-61-58-55-52-49-21-18-15-12-9-6-3)78-72(75)66-63-60-57-54-51-48-46-44-42-40-37-35-33-31-29-27-25-23-20-17-14-11-8-5-2/h22,24,28,30,69H,4-21,23,25-27,29,31-68H2,1-3H3/b24-22-,30-28-. The van der Waals surface area contributed by atoms with Gasteiger partial charge in [0.1, 0.15) is 13.2 Å². The van der Waals surface area contributed by atoms with Crippen molar-refractivity contribution in [3.05, 3.63) is 24.3 Å². The van der Waals surface area contributed by atoms with Gasteiger partial charge in [-0.25, -0.2) is 0 Å². The quantitative estimate of drug-likeness (QED) is 0.0261. The molecule has 0 bridgehead atoms. The number of esters is 3. The highest BCUT2D eigenvalue weighted by molar-refractivity contribution is 5.71. The van der Waals surface area contributed by atoms with Crippen molar-refractivity contribution in [2.45, 2.75) is 406 Å². The van der Waals surface area contributed by atoms with E-state index in [1.807, 2.05) is 0 Å². The van der Waals surface area contributed by atoms with Crippen molar-refractivity contribution >= 4 is 17.9 Å². The van der Waals surface area contributed by atoms with Gasteiger partial charge < -0.3 is 14.2 Å². The molecule has 0 aliphatic carbocycles. The molecule has 0 aromatic heterocycles. The van der Waals surface area contributed by atoms with Gasteiger partial charge in [0.05, 0.1) is 0 Å². The highest BCUT2D eigenvalue weighted by Crippen LogP contribution is 2.19. The van der Waals surface area contributed by atoms with Crippen LogP contribution in [0.15, 0.2) is 24.3 Å². The smallest absolute Gasteiger partial charge is 0.306 e. The van der Waals surface area contributed by atoms with Gasteiger partial charge in [0.25, 0.3) is 0 Å². The number of rotatable bonds is 66. The lowest BCUT2D eigenvalue weighted by Crippen LogP contribution is -2.30. The van der Waals surface area contributed by atoms with Crippen LogP contribution in [-0.4, -0.2) is 37.2 Å². The van der Waals surface area contributed by atoms with Gasteiger partial charge in [0.2, 0.25) is 0 Å². The first kappa shape index (κ1) is 75.9. The van der Waals surface area contributed by atoms with Crippen LogP contribution in [0, 0.1) is 0 Å². The first-order valence-electron chi connectivity index (χ1n) is 35.3. The summed E-state index contributed by atoms with van der Waals surface area (Å²) >= 11 is 0. The first-order chi connectivity index (χ1) is 38.5. The number of ether oxygens (including phenoxy) is 3. The molecule has 0 heterocycles. The maximum absolute atomic E-state index is 12.9. The Morgan fingerprint density at radius 1 is 0.256 bits per heavy atom. The predicted molar refractivity (Wildman–Crippen MR) is 340 cm³/mol. The molecule has 0 saturated heterocycles. The molecule has 0 fully saturated rings. The number of carbonyl (C=O) groups excluding carboxylic acids is 3. The zero-order valence-corrected chi connectivity index (χ0v) is 53.0. The van der Waals surface area contributed by atoms with Crippen molar-refractivity contribution in [2.24, 2.45) is 0 Å². The third kappa shape index (κ3) is 64.7. The lowest BCUT2D eigenvalue weighted by molar-refractivity contribution is -0.167. The molecular formula is C72H136O6. The summed E-state index contributed by atoms with van der Waals surface area (Å²) in [5.41, 5.74) is 0. The largest absolute Gasteiger partial charge is 0.462 e. The minimum absolute atomic E-state index is 0.0645. The Bertz CT molecular complexity index is 1260. The number of carbonyl (C=O) groups is 3. The number of hydrogen-bond donors (Lipinski definition) is 0. The molecule has 0 radical (unpaired) electrons. The van der Waals surface area contributed by atoms with E-state index in [0.717, 1.165) is 64.2 Å². The molecule has 0 rings (SSSR count). The van der Waals surface area contributed by atoms with Crippen LogP contribution in [0.25, 0.3) is 0 Å². The van der Waals surface area contributed by atoms with Crippen LogP contribution in [-0.2, 0) is 28.6 Å². The summed E-state index contributed by atoms with van der Waals surface area (Å²) in [4.78, 5) is 38.4. The summed E-state index contributed by atoms with van der Waals surface area (Å²) in [6.45, 7) is 6.70. The van der Waals surface area contributed by atoms with E-state index in [0.29, 0.717) is 19.3 Å². The van der Waals surface area contributed by atoms with E-state index in [1.165, 1.54) is 295 Å². The van der Waals surface area contributed by atoms with Gasteiger partial charge in [0.15, 0.2) is 6.10 Å². The van der Waals surface area contributed by atoms with Crippen molar-refractivity contribution in [1.29, 1.82) is 0 Å². The van der Waals surface area contributed by atoms with Crippen LogP contribution in [0.1, 0.15) is 400 Å². The van der Waals surface area contributed by atoms with Crippen LogP contribution in [0.2, 0.25) is 0 Å². The fraction of sp³-hybridized carbons (Fsp3) is 0.903. The van der Waals surface area contributed by atoms with Crippen molar-refractivity contribution in [2.75, 3.05) is 13.2 Å². The van der Waals surface area contributed by atoms with Crippen LogP contribution < -0.4 is 0 Å². The second-order valence-electron chi connectivity index (χ2n) is 24.2. The van der Waals surface area contributed by atoms with Crippen molar-refractivity contribution in [1.82, 2.24) is 0 Å². The molecule has 0 aromatic carbocycles. The highest BCUT2D eigenvalue weighted by atomic mass is 16.6. The Balaban J connectivity index is 4.17. The molecule has 0 amide bonds. The third-order valence-electron chi connectivity index (χ3n) is 16.2. The Morgan fingerprint density at radius 3 is 0.705 bits per heavy atom. The van der Waals surface area contributed by atoms with E-state index < -0.39 is 6.10 Å². The lowest BCUT2D eigenvalue weighted by atomic mass is 10.0. The fourth-order valence-electron chi connectivity index (χ4n) is 10.9. The predicted octanol–water partition coefficient (Wildman–Crippen LogP) is 24.2. The fourth-order valence-corrected chi connectivity index (χ4v) is 10.9. The molecule has 0 saturated carbocycles. The Labute approximate surface area is 487 Å². The molecule has 0 spiro atoms. The lowest BCUT2D eigenvalue weighted by Gasteiger charge is -2.18. The van der Waals surface area contributed by atoms with E-state index in [-0.39, 0.29) is 31.1 Å². The van der Waals surface area contributed by atoms with E-state index >= 15 is 0 Å². The monoisotopic (exact) mass is 1100 g/mol. The highest BCUT2D eigenvalue weighted by Gasteiger charge is 2.19. The summed E-state index contributed by atoms with van der Waals surface area (Å²) in [6.07, 6.45) is 82.1. The summed E-state index contributed by atoms with van der Waals surface area (Å²) in [5.74, 6) is -0.834. The molecule has 6 nitrogen and oxygen atoms in total. The topological polar surface area (TPSA) is 78.9 Å². The van der Waals surface area contributed by atoms with Crippen molar-refractivity contribution in [3.8, 4) is 0 Å². The Morgan fingerprint density at radius 2 is 0.462 bits per heavy atom. The summed E-state index contributed by atoms with van der Waals surface area (Å²) < 4.78 is 17.0. The number of unbranched alkanes of at least 4 members (excludes halogenated alkanes) is 51. The molecule has 0 N–H and O–H groups in total. The number of hydrogen-bond acceptors (Lipinski definition) is 6. The summed E-state index contributed by atoms with van der Waals surface area (Å²) in [6, 6.07) is 0. The zero-order valence-electron chi connectivity index (χ0n) is 53.0. The molecule has 6 heteroatoms. The van der Waals surface area contributed by atoms with Crippen LogP contribution in [0.4, 0.5) is 0 Å². The van der Waals surface area contributed by atoms with Crippen LogP contribution in [0.5, 0.6) is 0 Å². The molecule has 0 aliphatic heterocycles. The van der Waals surface area contributed by atoms with Gasteiger partial charge >= 0.3 is 17.9 Å². The molecule has 460 valence electrons. The SMILES string of the molecule is CCCCCCC/C=C\C/C=C\CCCCCCCCCCCCCCCC(=O)OCC(COC(=O)CCCCCCCCCCCCC)OC(=O)CCCCCCCCCCCCCCCCCCCCCCCCCC. The van der Waals surface area contributed by atoms with E-state index in [9.17, 15) is 14.4 Å². The Kier molecular flexibility index (Phi) is 65.6. The van der Waals surface area contributed by atoms with Crippen molar-refractivity contribution in [3.63, 3.8) is 0 Å². The van der Waals surface area contributed by atoms with E-state index in [2.05, 4.69) is 45.1 Å². The van der Waals surface area contributed by atoms with Gasteiger partial charge in [0, 0.05) is 19.3 Å². The van der Waals surface area contributed by atoms with Crippen LogP contribution in [0.3, 0.4) is 0 Å². The van der Waals surface area contributed by atoms with Gasteiger partial charge in [-0.3, -0.25) is 14.4 Å². The van der Waals surface area contributed by atoms with Gasteiger partial charge in [-0.2, -0.15) is 0 Å². The maximum Gasteiger partial charge on any atom is 0.306 e. The van der Waals surface area contributed by atoms with E-state index in [4.69, 9.17) is 14.2 Å². The second-order valence-corrected chi connectivity index (χ2v) is 24.2. The minimum atomic E-state index is -0.767. The van der Waals surface area contributed by atoms with Gasteiger partial charge in [-0.05, 0) is 51.4 Å². The zero-order chi connectivity index (χ0) is 56.4. The Hall–Kier alpha value is -2.11. The summed E-state index contributed by atoms with van der Waals surface area (Å²) in [7, 11) is 0. The average Bonchev–Trinajstić information content (AvgIpc) is 3.44. The molecule has 1 unspecified atom stereocenters. The van der Waals surface area contributed by atoms with Crippen LogP contribution >= 0.6 is 0 Å². The summed E-state index contributed by atoms with van der Waals surface area (Å²) in [5, 5.41) is 0. The van der Waals surface area contributed by atoms with Gasteiger partial charge in [-0.15, -0.1) is 0 Å². The first-order valence-corrected chi connectivity index (χ1v) is 35.3. The maximum atomic E-state index is 12.9. The molecule has 0 aromatic rings. The minimum Gasteiger partial charge on any atom is -0.462 e. The second kappa shape index (κ2) is 67.4. The number of allylic oxidation sites excluding steroid dienone is 4. The van der Waals surface area contributed by atoms with Gasteiger partial charge in [-0.1, -0.05) is 353 Å². The average molecular weight is 1100 g/mol. The molecular weight excluding hydrogens is 961 g/mol.